The maximum absolute atomic E-state index is 12.3. The molecule has 0 aliphatic rings. The molecule has 0 bridgehead atoms. The summed E-state index contributed by atoms with van der Waals surface area (Å²) in [4.78, 5) is 12.3. The van der Waals surface area contributed by atoms with Crippen LogP contribution in [0.15, 0.2) is 46.9 Å². The Hall–Kier alpha value is -1.92. The third-order valence-corrected chi connectivity index (χ3v) is 4.61. The minimum atomic E-state index is -0.261. The molecule has 0 unspecified atom stereocenters. The average Bonchev–Trinajstić information content (AvgIpc) is 2.59. The zero-order valence-electron chi connectivity index (χ0n) is 14.3. The monoisotopic (exact) mass is 420 g/mol. The van der Waals surface area contributed by atoms with Crippen molar-refractivity contribution in [2.24, 2.45) is 0 Å². The summed E-state index contributed by atoms with van der Waals surface area (Å²) in [6, 6.07) is 12.9. The lowest BCUT2D eigenvalue weighted by atomic mass is 10.1. The Bertz CT molecular complexity index is 765. The number of carbonyl (C=O) groups excluding carboxylic acids is 1. The predicted molar refractivity (Wildman–Crippen MR) is 109 cm³/mol. The van der Waals surface area contributed by atoms with Gasteiger partial charge in [-0.05, 0) is 55.4 Å². The quantitative estimate of drug-likeness (QED) is 0.506. The molecule has 2 aromatic carbocycles. The molecule has 0 saturated carbocycles. The van der Waals surface area contributed by atoms with Gasteiger partial charge in [-0.3, -0.25) is 10.1 Å². The number of unbranched alkanes of at least 4 members (excludes halogenated alkanes) is 1. The van der Waals surface area contributed by atoms with E-state index < -0.39 is 0 Å². The number of hydrogen-bond acceptors (Lipinski definition) is 3. The highest BCUT2D eigenvalue weighted by Crippen LogP contribution is 2.24. The number of anilines is 1. The molecule has 0 fully saturated rings. The van der Waals surface area contributed by atoms with Crippen molar-refractivity contribution >= 4 is 44.9 Å². The zero-order valence-corrected chi connectivity index (χ0v) is 16.7. The standard InChI is InChI=1S/C19H21BrN2O2S/c1-3-4-11-24-17-8-6-5-7-16(17)21-19(25)22-18(23)14-10-9-13(2)15(20)12-14/h5-10,12H,3-4,11H2,1-2H3,(H2,21,22,23,25). The van der Waals surface area contributed by atoms with Crippen LogP contribution in [-0.4, -0.2) is 17.6 Å². The minimum absolute atomic E-state index is 0.230. The lowest BCUT2D eigenvalue weighted by molar-refractivity contribution is 0.0977. The van der Waals surface area contributed by atoms with Crippen LogP contribution in [0.1, 0.15) is 35.7 Å². The molecule has 0 atom stereocenters. The van der Waals surface area contributed by atoms with Gasteiger partial charge in [-0.15, -0.1) is 0 Å². The predicted octanol–water partition coefficient (Wildman–Crippen LogP) is 5.06. The van der Waals surface area contributed by atoms with Crippen LogP contribution < -0.4 is 15.4 Å². The number of nitrogens with one attached hydrogen (secondary N) is 2. The molecule has 25 heavy (non-hydrogen) atoms. The smallest absolute Gasteiger partial charge is 0.257 e. The van der Waals surface area contributed by atoms with E-state index in [1.165, 1.54) is 0 Å². The maximum atomic E-state index is 12.3. The van der Waals surface area contributed by atoms with E-state index in [1.54, 1.807) is 12.1 Å². The summed E-state index contributed by atoms with van der Waals surface area (Å²) in [5.41, 5.74) is 2.33. The van der Waals surface area contributed by atoms with Gasteiger partial charge in [0.05, 0.1) is 12.3 Å². The van der Waals surface area contributed by atoms with E-state index in [-0.39, 0.29) is 11.0 Å². The van der Waals surface area contributed by atoms with E-state index in [2.05, 4.69) is 33.5 Å². The highest BCUT2D eigenvalue weighted by Gasteiger charge is 2.11. The summed E-state index contributed by atoms with van der Waals surface area (Å²) in [5, 5.41) is 5.95. The second kappa shape index (κ2) is 9.53. The van der Waals surface area contributed by atoms with Crippen LogP contribution in [0.5, 0.6) is 5.75 Å². The normalized spacial score (nSPS) is 10.2. The highest BCUT2D eigenvalue weighted by atomic mass is 79.9. The van der Waals surface area contributed by atoms with Crippen LogP contribution in [0.2, 0.25) is 0 Å². The zero-order chi connectivity index (χ0) is 18.2. The van der Waals surface area contributed by atoms with Gasteiger partial charge >= 0.3 is 0 Å². The number of rotatable bonds is 6. The van der Waals surface area contributed by atoms with Crippen LogP contribution in [0, 0.1) is 6.92 Å². The summed E-state index contributed by atoms with van der Waals surface area (Å²) in [7, 11) is 0. The number of amides is 1. The van der Waals surface area contributed by atoms with Crippen molar-refractivity contribution in [2.75, 3.05) is 11.9 Å². The van der Waals surface area contributed by atoms with Crippen LogP contribution in [0.25, 0.3) is 0 Å². The fourth-order valence-corrected chi connectivity index (χ4v) is 2.67. The van der Waals surface area contributed by atoms with Gasteiger partial charge in [0.15, 0.2) is 5.11 Å². The van der Waals surface area contributed by atoms with Gasteiger partial charge in [-0.1, -0.05) is 47.5 Å². The number of carbonyl (C=O) groups is 1. The van der Waals surface area contributed by atoms with Gasteiger partial charge in [0, 0.05) is 10.0 Å². The molecule has 4 nitrogen and oxygen atoms in total. The van der Waals surface area contributed by atoms with Gasteiger partial charge in [0.1, 0.15) is 5.75 Å². The lowest BCUT2D eigenvalue weighted by Gasteiger charge is -2.14. The number of benzene rings is 2. The van der Waals surface area contributed by atoms with Crippen molar-refractivity contribution in [3.05, 3.63) is 58.1 Å². The molecule has 6 heteroatoms. The number of para-hydroxylation sites is 2. The molecule has 0 aromatic heterocycles. The largest absolute Gasteiger partial charge is 0.491 e. The Kier molecular flexibility index (Phi) is 7.40. The van der Waals surface area contributed by atoms with Crippen LogP contribution in [0.4, 0.5) is 5.69 Å². The van der Waals surface area contributed by atoms with E-state index in [0.717, 1.165) is 28.6 Å². The first-order valence-corrected chi connectivity index (χ1v) is 9.31. The van der Waals surface area contributed by atoms with Crippen molar-refractivity contribution in [1.82, 2.24) is 5.32 Å². The highest BCUT2D eigenvalue weighted by molar-refractivity contribution is 9.10. The Labute approximate surface area is 162 Å². The first-order valence-electron chi connectivity index (χ1n) is 8.11. The maximum Gasteiger partial charge on any atom is 0.257 e. The fourth-order valence-electron chi connectivity index (χ4n) is 2.09. The second-order valence-corrected chi connectivity index (χ2v) is 6.83. The van der Waals surface area contributed by atoms with Crippen molar-refractivity contribution < 1.29 is 9.53 Å². The number of thiocarbonyl (C=S) groups is 1. The summed E-state index contributed by atoms with van der Waals surface area (Å²) >= 11 is 8.68. The minimum Gasteiger partial charge on any atom is -0.491 e. The van der Waals surface area contributed by atoms with Gasteiger partial charge in [0.2, 0.25) is 0 Å². The number of hydrogen-bond donors (Lipinski definition) is 2. The Morgan fingerprint density at radius 3 is 2.72 bits per heavy atom. The molecule has 1 amide bonds. The third kappa shape index (κ3) is 5.83. The van der Waals surface area contributed by atoms with E-state index >= 15 is 0 Å². The first kappa shape index (κ1) is 19.4. The number of ether oxygens (including phenoxy) is 1. The summed E-state index contributed by atoms with van der Waals surface area (Å²) in [6.07, 6.45) is 2.05. The van der Waals surface area contributed by atoms with E-state index in [4.69, 9.17) is 17.0 Å². The van der Waals surface area contributed by atoms with Gasteiger partial charge < -0.3 is 10.1 Å². The second-order valence-electron chi connectivity index (χ2n) is 5.57. The average molecular weight is 421 g/mol. The van der Waals surface area contributed by atoms with Gasteiger partial charge in [-0.2, -0.15) is 0 Å². The third-order valence-electron chi connectivity index (χ3n) is 3.55. The Morgan fingerprint density at radius 2 is 2.00 bits per heavy atom. The lowest BCUT2D eigenvalue weighted by Crippen LogP contribution is -2.34. The van der Waals surface area contributed by atoms with Crippen molar-refractivity contribution in [3.63, 3.8) is 0 Å². The van der Waals surface area contributed by atoms with Crippen molar-refractivity contribution in [1.29, 1.82) is 0 Å². The van der Waals surface area contributed by atoms with E-state index in [0.29, 0.717) is 17.9 Å². The molecule has 2 aromatic rings. The Morgan fingerprint density at radius 1 is 1.24 bits per heavy atom. The van der Waals surface area contributed by atoms with Crippen LogP contribution in [0.3, 0.4) is 0 Å². The molecule has 0 aliphatic heterocycles. The Balaban J connectivity index is 2.00. The first-order chi connectivity index (χ1) is 12.0. The molecule has 0 aliphatic carbocycles. The summed E-state index contributed by atoms with van der Waals surface area (Å²) in [5.74, 6) is 0.452. The molecule has 132 valence electrons. The molecular formula is C19H21BrN2O2S. The van der Waals surface area contributed by atoms with Gasteiger partial charge in [0.25, 0.3) is 5.91 Å². The summed E-state index contributed by atoms with van der Waals surface area (Å²) in [6.45, 7) is 4.72. The van der Waals surface area contributed by atoms with Gasteiger partial charge in [-0.25, -0.2) is 0 Å². The van der Waals surface area contributed by atoms with Crippen molar-refractivity contribution in [2.45, 2.75) is 26.7 Å². The SMILES string of the molecule is CCCCOc1ccccc1NC(=S)NC(=O)c1ccc(C)c(Br)c1. The fraction of sp³-hybridized carbons (Fsp3) is 0.263. The molecule has 0 saturated heterocycles. The van der Waals surface area contributed by atoms with Crippen LogP contribution >= 0.6 is 28.1 Å². The molecule has 2 N–H and O–H groups in total. The molecular weight excluding hydrogens is 400 g/mol. The van der Waals surface area contributed by atoms with E-state index in [9.17, 15) is 4.79 Å². The number of aryl methyl sites for hydroxylation is 1. The molecule has 0 spiro atoms. The topological polar surface area (TPSA) is 50.4 Å². The summed E-state index contributed by atoms with van der Waals surface area (Å²) < 4.78 is 6.64. The van der Waals surface area contributed by atoms with E-state index in [1.807, 2.05) is 37.3 Å². The number of halogens is 1. The van der Waals surface area contributed by atoms with Crippen LogP contribution in [-0.2, 0) is 0 Å². The molecule has 0 heterocycles. The molecule has 0 radical (unpaired) electrons. The molecule has 2 rings (SSSR count). The van der Waals surface area contributed by atoms with Crippen molar-refractivity contribution in [3.8, 4) is 5.75 Å².